The predicted molar refractivity (Wildman–Crippen MR) is 106 cm³/mol. The van der Waals surface area contributed by atoms with Gasteiger partial charge in [0.1, 0.15) is 6.61 Å². The van der Waals surface area contributed by atoms with Gasteiger partial charge in [0.2, 0.25) is 5.88 Å². The molecule has 0 atom stereocenters. The summed E-state index contributed by atoms with van der Waals surface area (Å²) in [7, 11) is 0. The van der Waals surface area contributed by atoms with E-state index in [0.717, 1.165) is 64.6 Å². The minimum atomic E-state index is 0.0804. The molecule has 1 saturated heterocycles. The fourth-order valence-corrected chi connectivity index (χ4v) is 3.24. The Hall–Kier alpha value is -1.67. The molecule has 2 aliphatic heterocycles. The lowest BCUT2D eigenvalue weighted by molar-refractivity contribution is -0.620. The highest BCUT2D eigenvalue weighted by Gasteiger charge is 2.13. The van der Waals surface area contributed by atoms with Crippen molar-refractivity contribution >= 4 is 0 Å². The lowest BCUT2D eigenvalue weighted by Gasteiger charge is -2.18. The minimum absolute atomic E-state index is 0.0804. The van der Waals surface area contributed by atoms with Crippen LogP contribution < -0.4 is 4.74 Å². The molecule has 3 rings (SSSR count). The SMILES string of the molecule is CC#CCOOOO.c1c(OCCCCN2CCCOCC2)nn2c1CCCC2. The second kappa shape index (κ2) is 15.2. The molecule has 1 aromatic heterocycles. The lowest BCUT2D eigenvalue weighted by Crippen LogP contribution is -2.27. The van der Waals surface area contributed by atoms with E-state index in [1.807, 2.05) is 0 Å². The van der Waals surface area contributed by atoms with Crippen molar-refractivity contribution in [1.82, 2.24) is 14.7 Å². The van der Waals surface area contributed by atoms with Crippen molar-refractivity contribution < 1.29 is 29.7 Å². The summed E-state index contributed by atoms with van der Waals surface area (Å²) in [5, 5.41) is 18.7. The van der Waals surface area contributed by atoms with E-state index in [2.05, 4.69) is 47.6 Å². The first kappa shape index (κ1) is 23.6. The van der Waals surface area contributed by atoms with Crippen LogP contribution in [0.2, 0.25) is 0 Å². The van der Waals surface area contributed by atoms with Gasteiger partial charge in [-0.3, -0.25) is 4.68 Å². The minimum Gasteiger partial charge on any atom is -0.477 e. The van der Waals surface area contributed by atoms with Crippen molar-refractivity contribution in [2.24, 2.45) is 0 Å². The van der Waals surface area contributed by atoms with Gasteiger partial charge in [0.25, 0.3) is 0 Å². The van der Waals surface area contributed by atoms with Crippen LogP contribution in [-0.2, 0) is 32.7 Å². The van der Waals surface area contributed by atoms with E-state index < -0.39 is 0 Å². The number of aryl methyl sites for hydroxylation is 2. The number of ether oxygens (including phenoxy) is 2. The molecule has 0 aromatic carbocycles. The Morgan fingerprint density at radius 3 is 2.93 bits per heavy atom. The van der Waals surface area contributed by atoms with E-state index in [-0.39, 0.29) is 6.61 Å². The summed E-state index contributed by atoms with van der Waals surface area (Å²) < 4.78 is 13.4. The van der Waals surface area contributed by atoms with Gasteiger partial charge in [0.15, 0.2) is 0 Å². The zero-order valence-corrected chi connectivity index (χ0v) is 17.3. The summed E-state index contributed by atoms with van der Waals surface area (Å²) in [4.78, 5) is 6.58. The molecule has 9 heteroatoms. The molecule has 3 heterocycles. The third-order valence-electron chi connectivity index (χ3n) is 4.71. The Labute approximate surface area is 172 Å². The third kappa shape index (κ3) is 10.1. The molecule has 2 aliphatic rings. The average Bonchev–Trinajstić information content (AvgIpc) is 2.98. The average molecular weight is 411 g/mol. The van der Waals surface area contributed by atoms with Gasteiger partial charge in [-0.1, -0.05) is 5.92 Å². The summed E-state index contributed by atoms with van der Waals surface area (Å²) in [5.41, 5.74) is 1.33. The van der Waals surface area contributed by atoms with Gasteiger partial charge in [-0.05, 0) is 62.1 Å². The van der Waals surface area contributed by atoms with Gasteiger partial charge in [0.05, 0.1) is 13.2 Å². The molecule has 1 N–H and O–H groups in total. The van der Waals surface area contributed by atoms with E-state index in [0.29, 0.717) is 0 Å². The number of hydrogen-bond donors (Lipinski definition) is 1. The summed E-state index contributed by atoms with van der Waals surface area (Å²) in [6, 6.07) is 2.12. The Kier molecular flexibility index (Phi) is 12.4. The van der Waals surface area contributed by atoms with Crippen molar-refractivity contribution in [1.29, 1.82) is 0 Å². The maximum absolute atomic E-state index is 7.47. The van der Waals surface area contributed by atoms with Crippen LogP contribution in [0.4, 0.5) is 0 Å². The van der Waals surface area contributed by atoms with Crippen molar-refractivity contribution in [2.75, 3.05) is 46.1 Å². The molecule has 0 saturated carbocycles. The topological polar surface area (TPSA) is 87.4 Å². The Bertz CT molecular complexity index is 582. The number of nitrogens with zero attached hydrogens (tertiary/aromatic N) is 3. The Morgan fingerprint density at radius 1 is 1.17 bits per heavy atom. The first-order valence-electron chi connectivity index (χ1n) is 10.3. The Morgan fingerprint density at radius 2 is 2.10 bits per heavy atom. The van der Waals surface area contributed by atoms with Crippen LogP contribution in [0.15, 0.2) is 6.07 Å². The Balaban J connectivity index is 0.000000321. The molecule has 9 nitrogen and oxygen atoms in total. The maximum Gasteiger partial charge on any atom is 0.232 e. The standard InChI is InChI=1S/C16H27N3O2.C4H6O4/c1-2-9-19-15(6-1)14-16(17-19)21-12-4-3-7-18-8-5-11-20-13-10-18;1-2-3-4-6-8-7-5/h14H,1-13H2;5H,4H2,1H3. The van der Waals surface area contributed by atoms with Gasteiger partial charge in [-0.25, -0.2) is 5.26 Å². The molecule has 1 fully saturated rings. The van der Waals surface area contributed by atoms with Gasteiger partial charge in [0, 0.05) is 38.0 Å². The zero-order valence-electron chi connectivity index (χ0n) is 17.3. The van der Waals surface area contributed by atoms with Gasteiger partial charge < -0.3 is 14.4 Å². The quantitative estimate of drug-likeness (QED) is 0.287. The van der Waals surface area contributed by atoms with Crippen LogP contribution in [0, 0.1) is 11.8 Å². The highest BCUT2D eigenvalue weighted by Crippen LogP contribution is 2.19. The van der Waals surface area contributed by atoms with Crippen LogP contribution in [0.5, 0.6) is 5.88 Å². The highest BCUT2D eigenvalue weighted by atomic mass is 17.6. The van der Waals surface area contributed by atoms with E-state index >= 15 is 0 Å². The van der Waals surface area contributed by atoms with Crippen molar-refractivity contribution in [3.63, 3.8) is 0 Å². The second-order valence-electron chi connectivity index (χ2n) is 6.85. The van der Waals surface area contributed by atoms with E-state index in [1.165, 1.54) is 31.5 Å². The second-order valence-corrected chi connectivity index (χ2v) is 6.85. The number of aromatic nitrogens is 2. The van der Waals surface area contributed by atoms with Crippen LogP contribution in [0.3, 0.4) is 0 Å². The maximum atomic E-state index is 7.47. The van der Waals surface area contributed by atoms with Crippen LogP contribution in [-0.4, -0.2) is 66.0 Å². The highest BCUT2D eigenvalue weighted by molar-refractivity contribution is 5.16. The van der Waals surface area contributed by atoms with E-state index in [4.69, 9.17) is 14.7 Å². The molecule has 0 aliphatic carbocycles. The first-order chi connectivity index (χ1) is 14.3. The molecule has 0 amide bonds. The summed E-state index contributed by atoms with van der Waals surface area (Å²) in [5.74, 6) is 5.84. The fourth-order valence-electron chi connectivity index (χ4n) is 3.24. The molecule has 29 heavy (non-hydrogen) atoms. The fraction of sp³-hybridized carbons (Fsp3) is 0.750. The molecule has 0 radical (unpaired) electrons. The molecule has 0 spiro atoms. The van der Waals surface area contributed by atoms with E-state index in [1.54, 1.807) is 6.92 Å². The van der Waals surface area contributed by atoms with Gasteiger partial charge in [-0.2, -0.15) is 4.89 Å². The van der Waals surface area contributed by atoms with Crippen molar-refractivity contribution in [2.45, 2.75) is 52.0 Å². The molecule has 0 bridgehead atoms. The van der Waals surface area contributed by atoms with Crippen LogP contribution in [0.25, 0.3) is 0 Å². The molecular formula is C20H33N3O6. The number of fused-ring (bicyclic) bond motifs is 1. The first-order valence-corrected chi connectivity index (χ1v) is 10.3. The monoisotopic (exact) mass is 411 g/mol. The smallest absolute Gasteiger partial charge is 0.232 e. The van der Waals surface area contributed by atoms with Crippen LogP contribution >= 0.6 is 0 Å². The molecule has 164 valence electrons. The normalized spacial score (nSPS) is 16.6. The summed E-state index contributed by atoms with van der Waals surface area (Å²) in [6.07, 6.45) is 7.12. The van der Waals surface area contributed by atoms with E-state index in [9.17, 15) is 0 Å². The number of hydrogen-bond acceptors (Lipinski definition) is 8. The molecule has 0 unspecified atom stereocenters. The molecule has 1 aromatic rings. The van der Waals surface area contributed by atoms with Crippen LogP contribution in [0.1, 0.15) is 44.7 Å². The zero-order chi connectivity index (χ0) is 20.6. The van der Waals surface area contributed by atoms with Gasteiger partial charge in [-0.15, -0.1) is 11.0 Å². The lowest BCUT2D eigenvalue weighted by atomic mass is 10.1. The number of unbranched alkanes of at least 4 members (excludes halogenated alkanes) is 1. The van der Waals surface area contributed by atoms with Crippen molar-refractivity contribution in [3.05, 3.63) is 11.8 Å². The van der Waals surface area contributed by atoms with Gasteiger partial charge >= 0.3 is 0 Å². The predicted octanol–water partition coefficient (Wildman–Crippen LogP) is 2.46. The van der Waals surface area contributed by atoms with Crippen molar-refractivity contribution in [3.8, 4) is 17.7 Å². The third-order valence-corrected chi connectivity index (χ3v) is 4.71. The largest absolute Gasteiger partial charge is 0.477 e. The number of rotatable bonds is 9. The molecular weight excluding hydrogens is 378 g/mol. The summed E-state index contributed by atoms with van der Waals surface area (Å²) in [6.45, 7) is 8.79. The summed E-state index contributed by atoms with van der Waals surface area (Å²) >= 11 is 0.